The normalized spacial score (nSPS) is 16.8. The van der Waals surface area contributed by atoms with Crippen LogP contribution in [0.25, 0.3) is 0 Å². The second kappa shape index (κ2) is 11.1. The van der Waals surface area contributed by atoms with Crippen molar-refractivity contribution < 1.29 is 9.13 Å². The number of halogens is 1. The summed E-state index contributed by atoms with van der Waals surface area (Å²) in [5.74, 6) is 0.715. The summed E-state index contributed by atoms with van der Waals surface area (Å²) in [7, 11) is 3.91. The molecular weight excluding hydrogens is 341 g/mol. The van der Waals surface area contributed by atoms with Crippen LogP contribution >= 0.6 is 0 Å². The van der Waals surface area contributed by atoms with Gasteiger partial charge in [-0.3, -0.25) is 4.99 Å². The highest BCUT2D eigenvalue weighted by Gasteiger charge is 2.34. The van der Waals surface area contributed by atoms with Crippen LogP contribution in [0.3, 0.4) is 0 Å². The third-order valence-corrected chi connectivity index (χ3v) is 5.47. The lowest BCUT2D eigenvalue weighted by Crippen LogP contribution is -2.48. The number of ether oxygens (including phenoxy) is 1. The molecule has 0 amide bonds. The number of hydrogen-bond acceptors (Lipinski definition) is 2. The van der Waals surface area contributed by atoms with E-state index in [-0.39, 0.29) is 11.2 Å². The van der Waals surface area contributed by atoms with E-state index < -0.39 is 0 Å². The number of guanidine groups is 1. The Bertz CT molecular complexity index is 594. The maximum absolute atomic E-state index is 13.4. The summed E-state index contributed by atoms with van der Waals surface area (Å²) in [5.41, 5.74) is 1.12. The fourth-order valence-corrected chi connectivity index (χ4v) is 3.69. The zero-order chi connectivity index (χ0) is 19.5. The Morgan fingerprint density at radius 2 is 1.96 bits per heavy atom. The molecule has 1 aromatic carbocycles. The molecule has 1 aromatic rings. The molecule has 1 aliphatic rings. The highest BCUT2D eigenvalue weighted by Crippen LogP contribution is 2.34. The molecule has 150 valence electrons. The topological polar surface area (TPSA) is 36.9 Å². The zero-order valence-corrected chi connectivity index (χ0v) is 16.8. The van der Waals surface area contributed by atoms with Crippen LogP contribution in [0.2, 0.25) is 0 Å². The summed E-state index contributed by atoms with van der Waals surface area (Å²) in [5, 5.41) is 3.56. The van der Waals surface area contributed by atoms with Crippen LogP contribution in [-0.4, -0.2) is 51.3 Å². The van der Waals surface area contributed by atoms with Crippen molar-refractivity contribution in [3.05, 3.63) is 48.3 Å². The molecule has 0 saturated carbocycles. The molecule has 1 N–H and O–H groups in total. The molecule has 1 saturated heterocycles. The average molecular weight is 376 g/mol. The largest absolute Gasteiger partial charge is 0.381 e. The van der Waals surface area contributed by atoms with Crippen molar-refractivity contribution >= 4 is 5.96 Å². The molecule has 1 aliphatic heterocycles. The van der Waals surface area contributed by atoms with E-state index in [2.05, 4.69) is 28.8 Å². The lowest BCUT2D eigenvalue weighted by atomic mass is 9.74. The number of benzene rings is 1. The standard InChI is InChI=1S/C22H34FN3O/c1-4-5-6-7-8-15-26(3)21(24-2)25-18-22(13-16-27-17-14-22)19-9-11-20(23)12-10-19/h4,9-12H,1,5-8,13-18H2,2-3H3,(H,24,25). The minimum absolute atomic E-state index is 0.0489. The van der Waals surface area contributed by atoms with Gasteiger partial charge in [0.05, 0.1) is 0 Å². The second-order valence-corrected chi connectivity index (χ2v) is 7.36. The van der Waals surface area contributed by atoms with Crippen molar-refractivity contribution in [3.8, 4) is 0 Å². The maximum atomic E-state index is 13.4. The number of aliphatic imine (C=N–C) groups is 1. The summed E-state index contributed by atoms with van der Waals surface area (Å²) in [6, 6.07) is 6.93. The first kappa shape index (κ1) is 21.4. The number of nitrogens with zero attached hydrogens (tertiary/aromatic N) is 2. The molecule has 0 atom stereocenters. The highest BCUT2D eigenvalue weighted by molar-refractivity contribution is 5.79. The summed E-state index contributed by atoms with van der Waals surface area (Å²) in [6.45, 7) is 6.99. The van der Waals surface area contributed by atoms with E-state index in [1.54, 1.807) is 12.1 Å². The minimum atomic E-state index is -0.194. The first-order valence-corrected chi connectivity index (χ1v) is 9.98. The van der Waals surface area contributed by atoms with Crippen LogP contribution in [0.4, 0.5) is 4.39 Å². The molecule has 2 rings (SSSR count). The van der Waals surface area contributed by atoms with E-state index in [0.29, 0.717) is 0 Å². The third-order valence-electron chi connectivity index (χ3n) is 5.47. The quantitative estimate of drug-likeness (QED) is 0.305. The SMILES string of the molecule is C=CCCCCCN(C)C(=NC)NCC1(c2ccc(F)cc2)CCOCC1. The molecule has 5 heteroatoms. The van der Waals surface area contributed by atoms with Crippen LogP contribution < -0.4 is 5.32 Å². The molecule has 0 unspecified atom stereocenters. The fraction of sp³-hybridized carbons (Fsp3) is 0.591. The monoisotopic (exact) mass is 375 g/mol. The van der Waals surface area contributed by atoms with Gasteiger partial charge in [0.15, 0.2) is 5.96 Å². The molecule has 0 aliphatic carbocycles. The van der Waals surface area contributed by atoms with E-state index in [9.17, 15) is 4.39 Å². The van der Waals surface area contributed by atoms with Gasteiger partial charge < -0.3 is 15.0 Å². The van der Waals surface area contributed by atoms with Crippen LogP contribution in [0.1, 0.15) is 44.1 Å². The Labute approximate surface area is 163 Å². The van der Waals surface area contributed by atoms with Crippen LogP contribution in [0, 0.1) is 5.82 Å². The van der Waals surface area contributed by atoms with Gasteiger partial charge in [0.1, 0.15) is 5.82 Å². The smallest absolute Gasteiger partial charge is 0.193 e. The lowest BCUT2D eigenvalue weighted by molar-refractivity contribution is 0.0512. The molecule has 4 nitrogen and oxygen atoms in total. The van der Waals surface area contributed by atoms with Gasteiger partial charge in [-0.25, -0.2) is 4.39 Å². The number of rotatable bonds is 9. The van der Waals surface area contributed by atoms with E-state index in [0.717, 1.165) is 57.9 Å². The van der Waals surface area contributed by atoms with Crippen molar-refractivity contribution in [3.63, 3.8) is 0 Å². The first-order chi connectivity index (χ1) is 13.1. The maximum Gasteiger partial charge on any atom is 0.193 e. The minimum Gasteiger partial charge on any atom is -0.381 e. The number of unbranched alkanes of at least 4 members (excludes halogenated alkanes) is 3. The Morgan fingerprint density at radius 1 is 1.26 bits per heavy atom. The van der Waals surface area contributed by atoms with Crippen molar-refractivity contribution in [1.82, 2.24) is 10.2 Å². The lowest BCUT2D eigenvalue weighted by Gasteiger charge is -2.39. The number of nitrogens with one attached hydrogen (secondary N) is 1. The molecule has 0 spiro atoms. The highest BCUT2D eigenvalue weighted by atomic mass is 19.1. The van der Waals surface area contributed by atoms with E-state index in [1.165, 1.54) is 18.4 Å². The first-order valence-electron chi connectivity index (χ1n) is 9.98. The fourth-order valence-electron chi connectivity index (χ4n) is 3.69. The summed E-state index contributed by atoms with van der Waals surface area (Å²) in [6.07, 6.45) is 8.44. The van der Waals surface area contributed by atoms with E-state index in [1.807, 2.05) is 25.3 Å². The molecule has 0 aromatic heterocycles. The Balaban J connectivity index is 1.96. The van der Waals surface area contributed by atoms with E-state index >= 15 is 0 Å². The van der Waals surface area contributed by atoms with Gasteiger partial charge in [-0.2, -0.15) is 0 Å². The molecule has 1 fully saturated rings. The van der Waals surface area contributed by atoms with Crippen LogP contribution in [0.15, 0.2) is 41.9 Å². The number of allylic oxidation sites excluding steroid dienone is 1. The van der Waals surface area contributed by atoms with Gasteiger partial charge in [-0.1, -0.05) is 24.6 Å². The van der Waals surface area contributed by atoms with Crippen molar-refractivity contribution in [2.24, 2.45) is 4.99 Å². The predicted octanol–water partition coefficient (Wildman–Crippen LogP) is 4.13. The summed E-state index contributed by atoms with van der Waals surface area (Å²) in [4.78, 5) is 6.64. The van der Waals surface area contributed by atoms with Gasteiger partial charge in [0.2, 0.25) is 0 Å². The zero-order valence-electron chi connectivity index (χ0n) is 16.8. The van der Waals surface area contributed by atoms with Gasteiger partial charge in [-0.15, -0.1) is 6.58 Å². The Hall–Kier alpha value is -1.88. The van der Waals surface area contributed by atoms with Crippen molar-refractivity contribution in [2.45, 2.75) is 43.9 Å². The van der Waals surface area contributed by atoms with Gasteiger partial charge in [0.25, 0.3) is 0 Å². The molecular formula is C22H34FN3O. The van der Waals surface area contributed by atoms with E-state index in [4.69, 9.17) is 4.74 Å². The molecule has 0 bridgehead atoms. The molecule has 1 heterocycles. The molecule has 0 radical (unpaired) electrons. The molecule has 27 heavy (non-hydrogen) atoms. The second-order valence-electron chi connectivity index (χ2n) is 7.36. The van der Waals surface area contributed by atoms with Gasteiger partial charge in [-0.05, 0) is 49.8 Å². The van der Waals surface area contributed by atoms with Crippen molar-refractivity contribution in [1.29, 1.82) is 0 Å². The van der Waals surface area contributed by atoms with Crippen LogP contribution in [0.5, 0.6) is 0 Å². The Kier molecular flexibility index (Phi) is 8.79. The predicted molar refractivity (Wildman–Crippen MR) is 111 cm³/mol. The van der Waals surface area contributed by atoms with Crippen LogP contribution in [-0.2, 0) is 10.2 Å². The average Bonchev–Trinajstić information content (AvgIpc) is 2.69. The third kappa shape index (κ3) is 6.35. The van der Waals surface area contributed by atoms with Gasteiger partial charge in [0, 0.05) is 45.8 Å². The van der Waals surface area contributed by atoms with Crippen molar-refractivity contribution in [2.75, 3.05) is 40.4 Å². The van der Waals surface area contributed by atoms with Gasteiger partial charge >= 0.3 is 0 Å². The number of hydrogen-bond donors (Lipinski definition) is 1. The Morgan fingerprint density at radius 3 is 2.59 bits per heavy atom. The summed E-state index contributed by atoms with van der Waals surface area (Å²) < 4.78 is 19.0. The summed E-state index contributed by atoms with van der Waals surface area (Å²) >= 11 is 0.